The minimum absolute atomic E-state index is 0.525. The molecule has 11 aliphatic rings. The van der Waals surface area contributed by atoms with Crippen LogP contribution in [0.1, 0.15) is 266 Å². The second kappa shape index (κ2) is 54.9. The first-order valence-electron chi connectivity index (χ1n) is 34.4. The van der Waals surface area contributed by atoms with Gasteiger partial charge in [0.05, 0.1) is 12.2 Å². The number of hydrogen-bond acceptors (Lipinski definition) is 9. The normalized spacial score (nSPS) is 28.1. The molecule has 2 N–H and O–H groups in total. The van der Waals surface area contributed by atoms with Crippen LogP contribution in [0.15, 0.2) is 0 Å². The van der Waals surface area contributed by atoms with Crippen LogP contribution in [0.4, 0.5) is 0 Å². The third kappa shape index (κ3) is 53.4. The van der Waals surface area contributed by atoms with Gasteiger partial charge >= 0.3 is 0 Å². The van der Waals surface area contributed by atoms with Crippen molar-refractivity contribution in [3.63, 3.8) is 0 Å². The van der Waals surface area contributed by atoms with Crippen LogP contribution in [-0.4, -0.2) is 177 Å². The Bertz CT molecular complexity index is 925. The van der Waals surface area contributed by atoms with Crippen molar-refractivity contribution in [2.24, 2.45) is 23.7 Å². The third-order valence-electron chi connectivity index (χ3n) is 17.6. The second-order valence-corrected chi connectivity index (χ2v) is 26.6. The molecule has 0 radical (unpaired) electrons. The molecule has 9 aliphatic heterocycles. The van der Waals surface area contributed by atoms with Gasteiger partial charge in [-0.25, -0.2) is 0 Å². The Balaban J connectivity index is 0.000000424. The van der Waals surface area contributed by atoms with E-state index in [1.165, 1.54) is 316 Å². The number of nitrogens with zero attached hydrogens (tertiary/aromatic N) is 5. The fourth-order valence-electron chi connectivity index (χ4n) is 11.7. The van der Waals surface area contributed by atoms with Gasteiger partial charge in [0.2, 0.25) is 0 Å². The molecule has 9 nitrogen and oxygen atoms in total. The van der Waals surface area contributed by atoms with Crippen molar-refractivity contribution >= 4 is 0 Å². The van der Waals surface area contributed by atoms with Crippen molar-refractivity contribution in [3.8, 4) is 0 Å². The smallest absolute Gasteiger partial charge is 0.0547 e. The van der Waals surface area contributed by atoms with E-state index in [4.69, 9.17) is 9.47 Å². The summed E-state index contributed by atoms with van der Waals surface area (Å²) in [5.74, 6) is 3.93. The molecule has 9 heteroatoms. The van der Waals surface area contributed by atoms with E-state index in [9.17, 15) is 0 Å². The Labute approximate surface area is 484 Å². The molecule has 9 heterocycles. The molecule has 9 saturated heterocycles. The minimum atomic E-state index is 0.525. The summed E-state index contributed by atoms with van der Waals surface area (Å²) in [6.07, 6.45) is 50.6. The molecule has 0 spiro atoms. The fraction of sp³-hybridized carbons (Fsp3) is 1.00. The Kier molecular flexibility index (Phi) is 53.2. The molecule has 0 aromatic carbocycles. The molecule has 462 valence electrons. The topological polar surface area (TPSA) is 58.7 Å². The number of likely N-dealkylation sites (tertiary alicyclic amines) is 5. The number of piperidine rings is 4. The monoisotopic (exact) mass is 1090 g/mol. The largest absolute Gasteiger partial charge is 0.379 e. The van der Waals surface area contributed by atoms with Gasteiger partial charge in [0.15, 0.2) is 0 Å². The van der Waals surface area contributed by atoms with Crippen LogP contribution in [0.5, 0.6) is 0 Å². The van der Waals surface area contributed by atoms with E-state index in [-0.39, 0.29) is 0 Å². The quantitative estimate of drug-likeness (QED) is 0.247. The van der Waals surface area contributed by atoms with Gasteiger partial charge in [-0.3, -0.25) is 0 Å². The van der Waals surface area contributed by atoms with Crippen molar-refractivity contribution in [2.45, 2.75) is 278 Å². The molecule has 0 amide bonds. The molecule has 11 rings (SSSR count). The highest BCUT2D eigenvalue weighted by Gasteiger charge is 2.11. The highest BCUT2D eigenvalue weighted by molar-refractivity contribution is 4.67. The molecule has 2 saturated carbocycles. The molecule has 0 aromatic heterocycles. The first-order chi connectivity index (χ1) is 37.3. The lowest BCUT2D eigenvalue weighted by Crippen LogP contribution is -2.27. The zero-order valence-electron chi connectivity index (χ0n) is 54.6. The maximum Gasteiger partial charge on any atom is 0.0547 e. The second-order valence-electron chi connectivity index (χ2n) is 26.6. The van der Waals surface area contributed by atoms with Crippen molar-refractivity contribution in [1.82, 2.24) is 35.1 Å². The molecule has 2 aliphatic carbocycles. The average molecular weight is 1090 g/mol. The van der Waals surface area contributed by atoms with E-state index in [0.717, 1.165) is 36.9 Å². The van der Waals surface area contributed by atoms with E-state index in [1.807, 2.05) is 0 Å². The summed E-state index contributed by atoms with van der Waals surface area (Å²) in [6.45, 7) is 33.7. The molecule has 11 fully saturated rings. The summed E-state index contributed by atoms with van der Waals surface area (Å²) < 4.78 is 10.7. The van der Waals surface area contributed by atoms with Crippen LogP contribution in [0, 0.1) is 23.7 Å². The molecule has 0 aromatic rings. The van der Waals surface area contributed by atoms with Gasteiger partial charge in [-0.05, 0) is 280 Å². The van der Waals surface area contributed by atoms with Crippen molar-refractivity contribution in [3.05, 3.63) is 0 Å². The standard InChI is InChI=1S/C7H15N.C7H14O.2C7H14.4C6H13N.C6H12O.2C5H11N/c1-8-6-4-2-3-5-7-8;1-7-5-3-2-4-6-8-7;2*1-7-5-3-2-4-6-7;1-6-3-2-4-7-5-6;3*1-7-5-3-2-4-6-7;1-6-4-2-3-5-7-6;1-5-2-3-6-4-5;1-6-4-2-3-5-6/h2-7H2,1H3;7H,2-6H2,1H3;2*7H,2-6H2,1H3;6-7H,2-5H2,1H3;3*2-6H2,1H3;6H,2-5H2,1H3;5-6H,2-4H2,1H3;2-5H2,1H3. The molecule has 0 bridgehead atoms. The molecular weight excluding hydrogens is 947 g/mol. The highest BCUT2D eigenvalue weighted by Crippen LogP contribution is 2.23. The van der Waals surface area contributed by atoms with E-state index >= 15 is 0 Å². The zero-order chi connectivity index (χ0) is 56.2. The van der Waals surface area contributed by atoms with E-state index in [0.29, 0.717) is 12.2 Å². The number of nitrogens with one attached hydrogen (secondary N) is 2. The summed E-state index contributed by atoms with van der Waals surface area (Å²) in [5, 5.41) is 6.61. The van der Waals surface area contributed by atoms with Crippen molar-refractivity contribution in [1.29, 1.82) is 0 Å². The van der Waals surface area contributed by atoms with Gasteiger partial charge in [-0.1, -0.05) is 137 Å². The fourth-order valence-corrected chi connectivity index (χ4v) is 11.7. The van der Waals surface area contributed by atoms with Gasteiger partial charge < -0.3 is 44.6 Å². The summed E-state index contributed by atoms with van der Waals surface area (Å²) in [5.41, 5.74) is 0. The van der Waals surface area contributed by atoms with Crippen LogP contribution in [0.25, 0.3) is 0 Å². The lowest BCUT2D eigenvalue weighted by atomic mass is 9.91. The average Bonchev–Trinajstić information content (AvgIpc) is 3.99. The summed E-state index contributed by atoms with van der Waals surface area (Å²) in [6, 6.07) is 0. The molecule has 77 heavy (non-hydrogen) atoms. The number of rotatable bonds is 0. The van der Waals surface area contributed by atoms with Crippen LogP contribution < -0.4 is 10.6 Å². The van der Waals surface area contributed by atoms with E-state index in [1.54, 1.807) is 0 Å². The van der Waals surface area contributed by atoms with E-state index < -0.39 is 0 Å². The first-order valence-corrected chi connectivity index (χ1v) is 34.4. The predicted molar refractivity (Wildman–Crippen MR) is 342 cm³/mol. The zero-order valence-corrected chi connectivity index (χ0v) is 54.6. The minimum Gasteiger partial charge on any atom is -0.379 e. The Morgan fingerprint density at radius 1 is 0.247 bits per heavy atom. The Morgan fingerprint density at radius 3 is 0.727 bits per heavy atom. The van der Waals surface area contributed by atoms with Gasteiger partial charge in [-0.2, -0.15) is 0 Å². The molecule has 4 atom stereocenters. The summed E-state index contributed by atoms with van der Waals surface area (Å²) in [4.78, 5) is 12.0. The summed E-state index contributed by atoms with van der Waals surface area (Å²) >= 11 is 0. The number of hydrogen-bond donors (Lipinski definition) is 2. The first kappa shape index (κ1) is 74.7. The van der Waals surface area contributed by atoms with Crippen molar-refractivity contribution in [2.75, 3.05) is 140 Å². The SMILES string of the molecule is CC1CCCCC1.CC1CCCCC1.CC1CCCCCO1.CC1CCCCO1.CC1CCCNC1.CC1CCNC1.CN1CCCC1.CN1CCCCC1.CN1CCCCC1.CN1CCCCC1.CN1CCCCCC1. The van der Waals surface area contributed by atoms with E-state index in [2.05, 4.69) is 112 Å². The van der Waals surface area contributed by atoms with Crippen molar-refractivity contribution < 1.29 is 9.47 Å². The molecular formula is C68H143N7O2. The van der Waals surface area contributed by atoms with Gasteiger partial charge in [-0.15, -0.1) is 0 Å². The highest BCUT2D eigenvalue weighted by atomic mass is 16.5. The van der Waals surface area contributed by atoms with Crippen LogP contribution >= 0.6 is 0 Å². The Hall–Kier alpha value is -0.360. The van der Waals surface area contributed by atoms with Gasteiger partial charge in [0.1, 0.15) is 0 Å². The van der Waals surface area contributed by atoms with Crippen LogP contribution in [-0.2, 0) is 9.47 Å². The maximum absolute atomic E-state index is 5.40. The Morgan fingerprint density at radius 2 is 0.494 bits per heavy atom. The number of ether oxygens (including phenoxy) is 2. The lowest BCUT2D eigenvalue weighted by molar-refractivity contribution is 0.0285. The lowest BCUT2D eigenvalue weighted by Gasteiger charge is -2.20. The maximum atomic E-state index is 5.40. The van der Waals surface area contributed by atoms with Crippen LogP contribution in [0.3, 0.4) is 0 Å². The van der Waals surface area contributed by atoms with Crippen LogP contribution in [0.2, 0.25) is 0 Å². The third-order valence-corrected chi connectivity index (χ3v) is 17.6. The predicted octanol–water partition coefficient (Wildman–Crippen LogP) is 15.8. The summed E-state index contributed by atoms with van der Waals surface area (Å²) in [7, 11) is 11.0. The van der Waals surface area contributed by atoms with Gasteiger partial charge in [0.25, 0.3) is 0 Å². The molecule has 4 unspecified atom stereocenters. The van der Waals surface area contributed by atoms with Gasteiger partial charge in [0, 0.05) is 13.2 Å².